The van der Waals surface area contributed by atoms with Gasteiger partial charge in [-0.2, -0.15) is 0 Å². The molecule has 2 unspecified atom stereocenters. The highest BCUT2D eigenvalue weighted by Crippen LogP contribution is 2.42. The minimum absolute atomic E-state index is 0.0696. The Balaban J connectivity index is 3.90. The molecule has 0 aliphatic heterocycles. The van der Waals surface area contributed by atoms with E-state index in [2.05, 4.69) is 6.58 Å². The summed E-state index contributed by atoms with van der Waals surface area (Å²) in [7, 11) is 2.42. The molecule has 0 aromatic heterocycles. The topological polar surface area (TPSA) is 72.8 Å². The van der Waals surface area contributed by atoms with Crippen molar-refractivity contribution < 1.29 is 28.0 Å². The van der Waals surface area contributed by atoms with Gasteiger partial charge in [0.2, 0.25) is 0 Å². The second-order valence-corrected chi connectivity index (χ2v) is 7.78. The molecule has 0 spiro atoms. The van der Waals surface area contributed by atoms with E-state index in [1.165, 1.54) is 0 Å². The summed E-state index contributed by atoms with van der Waals surface area (Å²) in [5, 5.41) is 0. The Hall–Kier alpha value is -0.680. The predicted octanol–water partition coefficient (Wildman–Crippen LogP) is 1.79. The zero-order valence-electron chi connectivity index (χ0n) is 12.9. The van der Waals surface area contributed by atoms with Gasteiger partial charge in [0.25, 0.3) is 0 Å². The number of carbonyl (C=O) groups is 1. The minimum Gasteiger partial charge on any atom is -0.460 e. The lowest BCUT2D eigenvalue weighted by molar-refractivity contribution is -0.870. The fourth-order valence-electron chi connectivity index (χ4n) is 1.41. The molecule has 0 aliphatic carbocycles. The van der Waals surface area contributed by atoms with Crippen molar-refractivity contribution in [2.45, 2.75) is 25.9 Å². The van der Waals surface area contributed by atoms with E-state index in [9.17, 15) is 14.3 Å². The van der Waals surface area contributed by atoms with Crippen LogP contribution >= 0.6 is 7.60 Å². The average molecular weight is 308 g/mol. The van der Waals surface area contributed by atoms with Crippen LogP contribution in [0.3, 0.4) is 0 Å². The molecule has 20 heavy (non-hydrogen) atoms. The zero-order valence-corrected chi connectivity index (χ0v) is 13.8. The SMILES string of the molecule is C=CC(=O)OC(C)CCCP(=O)(O)OCC[N+](C)(C)C. The molecule has 0 bridgehead atoms. The highest BCUT2D eigenvalue weighted by molar-refractivity contribution is 7.52. The van der Waals surface area contributed by atoms with Crippen LogP contribution in [0.5, 0.6) is 0 Å². The van der Waals surface area contributed by atoms with E-state index < -0.39 is 13.6 Å². The molecule has 0 radical (unpaired) electrons. The van der Waals surface area contributed by atoms with Gasteiger partial charge in [0.15, 0.2) is 0 Å². The van der Waals surface area contributed by atoms with E-state index in [0.717, 1.165) is 6.08 Å². The van der Waals surface area contributed by atoms with E-state index >= 15 is 0 Å². The van der Waals surface area contributed by atoms with E-state index in [4.69, 9.17) is 9.26 Å². The molecule has 0 amide bonds. The molecule has 118 valence electrons. The summed E-state index contributed by atoms with van der Waals surface area (Å²) in [5.41, 5.74) is 0. The highest BCUT2D eigenvalue weighted by Gasteiger charge is 2.21. The third-order valence-electron chi connectivity index (χ3n) is 2.59. The number of hydrogen-bond donors (Lipinski definition) is 1. The standard InChI is InChI=1S/C13H26NO5P/c1-6-13(15)19-12(2)8-7-11-20(16,17)18-10-9-14(3,4)5/h6,12H,1,7-11H2,2-5H3/p+1. The van der Waals surface area contributed by atoms with Crippen LogP contribution in [0.1, 0.15) is 19.8 Å². The number of carbonyl (C=O) groups excluding carboxylic acids is 1. The van der Waals surface area contributed by atoms with Gasteiger partial charge in [0, 0.05) is 6.08 Å². The molecule has 1 N–H and O–H groups in total. The van der Waals surface area contributed by atoms with Crippen molar-refractivity contribution in [3.05, 3.63) is 12.7 Å². The van der Waals surface area contributed by atoms with Crippen LogP contribution < -0.4 is 0 Å². The average Bonchev–Trinajstić information content (AvgIpc) is 2.26. The number of quaternary nitrogens is 1. The number of esters is 1. The molecule has 6 nitrogen and oxygen atoms in total. The van der Waals surface area contributed by atoms with Crippen molar-refractivity contribution in [1.29, 1.82) is 0 Å². The van der Waals surface area contributed by atoms with Gasteiger partial charge in [-0.05, 0) is 19.8 Å². The molecule has 7 heteroatoms. The third kappa shape index (κ3) is 11.2. The monoisotopic (exact) mass is 308 g/mol. The Morgan fingerprint density at radius 3 is 2.55 bits per heavy atom. The zero-order chi connectivity index (χ0) is 15.8. The van der Waals surface area contributed by atoms with E-state index in [-0.39, 0.29) is 18.9 Å². The van der Waals surface area contributed by atoms with Crippen LogP contribution in [0.4, 0.5) is 0 Å². The maximum atomic E-state index is 11.8. The molecular formula is C13H27NO5P+. The van der Waals surface area contributed by atoms with E-state index in [0.29, 0.717) is 23.9 Å². The van der Waals surface area contributed by atoms with E-state index in [1.54, 1.807) is 6.92 Å². The van der Waals surface area contributed by atoms with Gasteiger partial charge >= 0.3 is 13.6 Å². The first-order chi connectivity index (χ1) is 9.06. The molecular weight excluding hydrogens is 281 g/mol. The van der Waals surface area contributed by atoms with Gasteiger partial charge in [0.05, 0.1) is 33.4 Å². The van der Waals surface area contributed by atoms with Crippen molar-refractivity contribution in [2.24, 2.45) is 0 Å². The Morgan fingerprint density at radius 1 is 1.45 bits per heavy atom. The summed E-state index contributed by atoms with van der Waals surface area (Å²) < 4.78 is 22.5. The fraction of sp³-hybridized carbons (Fsp3) is 0.769. The highest BCUT2D eigenvalue weighted by atomic mass is 31.2. The Bertz CT molecular complexity index is 364. The number of ether oxygens (including phenoxy) is 1. The smallest absolute Gasteiger partial charge is 0.330 e. The molecule has 0 aromatic carbocycles. The lowest BCUT2D eigenvalue weighted by Gasteiger charge is -2.24. The van der Waals surface area contributed by atoms with Crippen LogP contribution in [0.25, 0.3) is 0 Å². The summed E-state index contributed by atoms with van der Waals surface area (Å²) in [6.07, 6.45) is 1.85. The second-order valence-electron chi connectivity index (χ2n) is 5.80. The van der Waals surface area contributed by atoms with Gasteiger partial charge in [-0.25, -0.2) is 4.79 Å². The first-order valence-corrected chi connectivity index (χ1v) is 8.42. The number of nitrogens with zero attached hydrogens (tertiary/aromatic N) is 1. The van der Waals surface area contributed by atoms with Crippen LogP contribution in [-0.4, -0.2) is 61.9 Å². The summed E-state index contributed by atoms with van der Waals surface area (Å²) in [4.78, 5) is 20.6. The Labute approximate surface area is 121 Å². The Morgan fingerprint density at radius 2 is 2.05 bits per heavy atom. The fourth-order valence-corrected chi connectivity index (χ4v) is 2.48. The summed E-state index contributed by atoms with van der Waals surface area (Å²) in [6, 6.07) is 0. The molecule has 0 aliphatic rings. The van der Waals surface area contributed by atoms with Crippen LogP contribution in [0.15, 0.2) is 12.7 Å². The van der Waals surface area contributed by atoms with Crippen molar-refractivity contribution in [3.63, 3.8) is 0 Å². The third-order valence-corrected chi connectivity index (χ3v) is 4.06. The van der Waals surface area contributed by atoms with Gasteiger partial charge < -0.3 is 18.6 Å². The van der Waals surface area contributed by atoms with Crippen LogP contribution in [0, 0.1) is 0 Å². The maximum absolute atomic E-state index is 11.8. The van der Waals surface area contributed by atoms with Crippen LogP contribution in [0.2, 0.25) is 0 Å². The molecule has 0 saturated carbocycles. The number of hydrogen-bond acceptors (Lipinski definition) is 4. The molecule has 0 fully saturated rings. The Kier molecular flexibility index (Phi) is 8.28. The van der Waals surface area contributed by atoms with Gasteiger partial charge in [-0.3, -0.25) is 4.57 Å². The summed E-state index contributed by atoms with van der Waals surface area (Å²) in [6.45, 7) is 5.96. The largest absolute Gasteiger partial charge is 0.460 e. The molecule has 0 aromatic rings. The van der Waals surface area contributed by atoms with Crippen molar-refractivity contribution in [3.8, 4) is 0 Å². The van der Waals surface area contributed by atoms with Crippen molar-refractivity contribution in [1.82, 2.24) is 0 Å². The van der Waals surface area contributed by atoms with E-state index in [1.807, 2.05) is 21.1 Å². The molecule has 0 heterocycles. The second kappa shape index (κ2) is 8.57. The lowest BCUT2D eigenvalue weighted by Crippen LogP contribution is -2.37. The van der Waals surface area contributed by atoms with Gasteiger partial charge in [0.1, 0.15) is 13.2 Å². The molecule has 0 rings (SSSR count). The normalized spacial score (nSPS) is 16.2. The first kappa shape index (κ1) is 19.3. The first-order valence-electron chi connectivity index (χ1n) is 6.65. The summed E-state index contributed by atoms with van der Waals surface area (Å²) >= 11 is 0. The molecule has 0 saturated heterocycles. The van der Waals surface area contributed by atoms with Gasteiger partial charge in [-0.1, -0.05) is 6.58 Å². The minimum atomic E-state index is -3.55. The van der Waals surface area contributed by atoms with Crippen molar-refractivity contribution >= 4 is 13.6 Å². The predicted molar refractivity (Wildman–Crippen MR) is 78.5 cm³/mol. The number of likely N-dealkylation sites (N-methyl/N-ethyl adjacent to an activating group) is 1. The lowest BCUT2D eigenvalue weighted by atomic mass is 10.2. The van der Waals surface area contributed by atoms with Crippen molar-refractivity contribution in [2.75, 3.05) is 40.5 Å². The van der Waals surface area contributed by atoms with Gasteiger partial charge in [-0.15, -0.1) is 0 Å². The molecule has 2 atom stereocenters. The number of rotatable bonds is 10. The summed E-state index contributed by atoms with van der Waals surface area (Å²) in [5.74, 6) is -0.483. The van der Waals surface area contributed by atoms with Crippen LogP contribution in [-0.2, 0) is 18.6 Å². The maximum Gasteiger partial charge on any atom is 0.330 e. The quantitative estimate of drug-likeness (QED) is 0.288.